The Balaban J connectivity index is 2.10. The van der Waals surface area contributed by atoms with Crippen LogP contribution in [0, 0.1) is 12.3 Å². The van der Waals surface area contributed by atoms with Crippen LogP contribution in [0.3, 0.4) is 0 Å². The Morgan fingerprint density at radius 1 is 1.59 bits per heavy atom. The Hall–Kier alpha value is -0.910. The van der Waals surface area contributed by atoms with E-state index in [1.807, 2.05) is 25.1 Å². The number of nitrogens with one attached hydrogen (secondary N) is 1. The van der Waals surface area contributed by atoms with E-state index in [1.54, 1.807) is 0 Å². The summed E-state index contributed by atoms with van der Waals surface area (Å²) in [5, 5.41) is 2.87. The predicted octanol–water partition coefficient (Wildman–Crippen LogP) is 1.67. The Morgan fingerprint density at radius 2 is 2.29 bits per heavy atom. The molecule has 0 atom stereocenters. The number of hydrogen-bond donors (Lipinski definition) is 2. The average molecular weight is 299 g/mol. The fourth-order valence-electron chi connectivity index (χ4n) is 1.62. The highest BCUT2D eigenvalue weighted by molar-refractivity contribution is 9.10. The summed E-state index contributed by atoms with van der Waals surface area (Å²) in [6, 6.07) is 5.71. The van der Waals surface area contributed by atoms with Crippen molar-refractivity contribution in [3.05, 3.63) is 28.2 Å². The summed E-state index contributed by atoms with van der Waals surface area (Å²) in [4.78, 5) is 12.1. The lowest BCUT2D eigenvalue weighted by molar-refractivity contribution is -0.153. The minimum absolute atomic E-state index is 0.0676. The van der Waals surface area contributed by atoms with Crippen LogP contribution in [-0.4, -0.2) is 25.7 Å². The van der Waals surface area contributed by atoms with Crippen molar-refractivity contribution in [1.29, 1.82) is 0 Å². The van der Waals surface area contributed by atoms with E-state index < -0.39 is 5.41 Å². The number of carbonyl (C=O) groups excluding carboxylic acids is 1. The number of ether oxygens (including phenoxy) is 1. The SMILES string of the molecule is Cc1ccc(NC(=O)C2(CN)COC2)cc1Br. The van der Waals surface area contributed by atoms with Gasteiger partial charge in [-0.25, -0.2) is 0 Å². The Labute approximate surface area is 109 Å². The highest BCUT2D eigenvalue weighted by atomic mass is 79.9. The second-order valence-corrected chi connectivity index (χ2v) is 5.25. The summed E-state index contributed by atoms with van der Waals surface area (Å²) in [5.41, 5.74) is 6.98. The van der Waals surface area contributed by atoms with Gasteiger partial charge in [0.05, 0.1) is 13.2 Å². The topological polar surface area (TPSA) is 64.4 Å². The summed E-state index contributed by atoms with van der Waals surface area (Å²) < 4.78 is 6.05. The van der Waals surface area contributed by atoms with Crippen LogP contribution in [0.1, 0.15) is 5.56 Å². The smallest absolute Gasteiger partial charge is 0.236 e. The van der Waals surface area contributed by atoms with E-state index in [4.69, 9.17) is 10.5 Å². The lowest BCUT2D eigenvalue weighted by Crippen LogP contribution is -2.56. The van der Waals surface area contributed by atoms with E-state index in [0.717, 1.165) is 15.7 Å². The molecule has 17 heavy (non-hydrogen) atoms. The van der Waals surface area contributed by atoms with Gasteiger partial charge >= 0.3 is 0 Å². The third-order valence-electron chi connectivity index (χ3n) is 3.06. The number of benzene rings is 1. The van der Waals surface area contributed by atoms with Crippen molar-refractivity contribution in [3.63, 3.8) is 0 Å². The first-order valence-electron chi connectivity index (χ1n) is 5.43. The van der Waals surface area contributed by atoms with Crippen molar-refractivity contribution in [2.24, 2.45) is 11.1 Å². The molecular weight excluding hydrogens is 284 g/mol. The van der Waals surface area contributed by atoms with Gasteiger partial charge in [0.2, 0.25) is 5.91 Å². The summed E-state index contributed by atoms with van der Waals surface area (Å²) in [5.74, 6) is -0.0676. The van der Waals surface area contributed by atoms with Crippen molar-refractivity contribution in [3.8, 4) is 0 Å². The van der Waals surface area contributed by atoms with Crippen LogP contribution in [0.25, 0.3) is 0 Å². The van der Waals surface area contributed by atoms with Gasteiger partial charge in [0.25, 0.3) is 0 Å². The van der Waals surface area contributed by atoms with Crippen LogP contribution in [0.2, 0.25) is 0 Å². The zero-order chi connectivity index (χ0) is 12.5. The summed E-state index contributed by atoms with van der Waals surface area (Å²) in [7, 11) is 0. The van der Waals surface area contributed by atoms with Gasteiger partial charge in [-0.1, -0.05) is 22.0 Å². The minimum Gasteiger partial charge on any atom is -0.379 e. The van der Waals surface area contributed by atoms with Crippen molar-refractivity contribution in [2.45, 2.75) is 6.92 Å². The van der Waals surface area contributed by atoms with Crippen molar-refractivity contribution >= 4 is 27.5 Å². The first-order valence-corrected chi connectivity index (χ1v) is 6.22. The molecule has 0 bridgehead atoms. The second kappa shape index (κ2) is 4.76. The maximum Gasteiger partial charge on any atom is 0.236 e. The molecule has 0 saturated carbocycles. The number of nitrogens with two attached hydrogens (primary N) is 1. The normalized spacial score (nSPS) is 17.4. The van der Waals surface area contributed by atoms with Gasteiger partial charge in [-0.05, 0) is 24.6 Å². The molecule has 1 aliphatic rings. The van der Waals surface area contributed by atoms with E-state index in [9.17, 15) is 4.79 Å². The molecule has 3 N–H and O–H groups in total. The van der Waals surface area contributed by atoms with Crippen LogP contribution < -0.4 is 11.1 Å². The first-order chi connectivity index (χ1) is 8.07. The van der Waals surface area contributed by atoms with Crippen LogP contribution in [0.4, 0.5) is 5.69 Å². The van der Waals surface area contributed by atoms with Crippen LogP contribution in [-0.2, 0) is 9.53 Å². The lowest BCUT2D eigenvalue weighted by Gasteiger charge is -2.38. The zero-order valence-corrected chi connectivity index (χ0v) is 11.2. The molecule has 1 fully saturated rings. The number of anilines is 1. The molecule has 0 unspecified atom stereocenters. The third kappa shape index (κ3) is 2.36. The Bertz CT molecular complexity index is 439. The second-order valence-electron chi connectivity index (χ2n) is 4.40. The molecule has 0 aliphatic carbocycles. The Kier molecular flexibility index (Phi) is 3.51. The van der Waals surface area contributed by atoms with Gasteiger partial charge in [0, 0.05) is 16.7 Å². The largest absolute Gasteiger partial charge is 0.379 e. The quantitative estimate of drug-likeness (QED) is 0.892. The van der Waals surface area contributed by atoms with Gasteiger partial charge < -0.3 is 15.8 Å². The fourth-order valence-corrected chi connectivity index (χ4v) is 2.00. The molecule has 0 spiro atoms. The number of carbonyl (C=O) groups is 1. The molecule has 2 rings (SSSR count). The lowest BCUT2D eigenvalue weighted by atomic mass is 9.85. The van der Waals surface area contributed by atoms with Gasteiger partial charge in [-0.3, -0.25) is 4.79 Å². The van der Waals surface area contributed by atoms with Crippen molar-refractivity contribution < 1.29 is 9.53 Å². The highest BCUT2D eigenvalue weighted by Crippen LogP contribution is 2.28. The Morgan fingerprint density at radius 3 is 2.76 bits per heavy atom. The van der Waals surface area contributed by atoms with Crippen LogP contribution in [0.15, 0.2) is 22.7 Å². The first kappa shape index (κ1) is 12.5. The standard InChI is InChI=1S/C12H15BrN2O2/c1-8-2-3-9(4-10(8)13)15-11(16)12(5-14)6-17-7-12/h2-4H,5-7,14H2,1H3,(H,15,16). The number of rotatable bonds is 3. The molecule has 1 amide bonds. The van der Waals surface area contributed by atoms with E-state index >= 15 is 0 Å². The number of hydrogen-bond acceptors (Lipinski definition) is 3. The van der Waals surface area contributed by atoms with E-state index in [0.29, 0.717) is 19.8 Å². The monoisotopic (exact) mass is 298 g/mol. The third-order valence-corrected chi connectivity index (χ3v) is 3.91. The molecule has 0 aromatic heterocycles. The van der Waals surface area contributed by atoms with E-state index in [1.165, 1.54) is 0 Å². The zero-order valence-electron chi connectivity index (χ0n) is 9.63. The minimum atomic E-state index is -0.544. The molecule has 4 nitrogen and oxygen atoms in total. The summed E-state index contributed by atoms with van der Waals surface area (Å²) in [6.45, 7) is 3.12. The van der Waals surface area contributed by atoms with Gasteiger partial charge in [0.15, 0.2) is 0 Å². The molecule has 92 valence electrons. The van der Waals surface area contributed by atoms with E-state index in [2.05, 4.69) is 21.2 Å². The molecular formula is C12H15BrN2O2. The van der Waals surface area contributed by atoms with Crippen molar-refractivity contribution in [1.82, 2.24) is 0 Å². The molecule has 1 aliphatic heterocycles. The summed E-state index contributed by atoms with van der Waals surface area (Å²) in [6.07, 6.45) is 0. The highest BCUT2D eigenvalue weighted by Gasteiger charge is 2.44. The number of aryl methyl sites for hydroxylation is 1. The van der Waals surface area contributed by atoms with Crippen LogP contribution >= 0.6 is 15.9 Å². The van der Waals surface area contributed by atoms with E-state index in [-0.39, 0.29) is 5.91 Å². The average Bonchev–Trinajstić information content (AvgIpc) is 2.23. The maximum absolute atomic E-state index is 12.1. The van der Waals surface area contributed by atoms with Gasteiger partial charge in [-0.15, -0.1) is 0 Å². The molecule has 1 aromatic carbocycles. The molecule has 0 radical (unpaired) electrons. The van der Waals surface area contributed by atoms with Crippen LogP contribution in [0.5, 0.6) is 0 Å². The number of amides is 1. The van der Waals surface area contributed by atoms with Crippen molar-refractivity contribution in [2.75, 3.05) is 25.1 Å². The molecule has 1 aromatic rings. The number of halogens is 1. The predicted molar refractivity (Wildman–Crippen MR) is 69.8 cm³/mol. The van der Waals surface area contributed by atoms with Gasteiger partial charge in [0.1, 0.15) is 5.41 Å². The maximum atomic E-state index is 12.1. The molecule has 1 saturated heterocycles. The fraction of sp³-hybridized carbons (Fsp3) is 0.417. The molecule has 5 heteroatoms. The van der Waals surface area contributed by atoms with Gasteiger partial charge in [-0.2, -0.15) is 0 Å². The molecule has 1 heterocycles. The summed E-state index contributed by atoms with van der Waals surface area (Å²) >= 11 is 3.43.